The number of hydrogen-bond acceptors (Lipinski definition) is 7. The highest BCUT2D eigenvalue weighted by atomic mass is 32.1. The van der Waals surface area contributed by atoms with E-state index in [9.17, 15) is 18.3 Å². The fourth-order valence-corrected chi connectivity index (χ4v) is 3.33. The van der Waals surface area contributed by atoms with Crippen molar-refractivity contribution in [2.24, 2.45) is 0 Å². The van der Waals surface area contributed by atoms with Crippen molar-refractivity contribution >= 4 is 27.9 Å². The van der Waals surface area contributed by atoms with Gasteiger partial charge in [-0.3, -0.25) is 23.4 Å². The number of nitrogens with one attached hydrogen (secondary N) is 1. The van der Waals surface area contributed by atoms with Crippen LogP contribution in [0.4, 0.5) is 4.39 Å². The SMILES string of the molecule is O=c1[nH]c(=S)n([C@@H]2C[C@H](OP(=O)(O)O)[C@@H](COP(=O)(O)O)O2)cc1F. The lowest BCUT2D eigenvalue weighted by Gasteiger charge is -2.19. The minimum absolute atomic E-state index is 0.233. The molecule has 2 rings (SSSR count). The molecule has 0 saturated carbocycles. The number of hydrogen-bond donors (Lipinski definition) is 5. The van der Waals surface area contributed by atoms with Gasteiger partial charge < -0.3 is 24.3 Å². The first-order valence-electron chi connectivity index (χ1n) is 6.46. The number of rotatable bonds is 6. The zero-order valence-electron chi connectivity index (χ0n) is 12.1. The van der Waals surface area contributed by atoms with Crippen molar-refractivity contribution in [2.75, 3.05) is 6.61 Å². The molecule has 3 atom stereocenters. The van der Waals surface area contributed by atoms with Crippen LogP contribution in [0.15, 0.2) is 11.0 Å². The van der Waals surface area contributed by atoms with Crippen molar-refractivity contribution in [1.29, 1.82) is 0 Å². The van der Waals surface area contributed by atoms with Crippen molar-refractivity contribution in [1.82, 2.24) is 9.55 Å². The molecule has 0 amide bonds. The number of phosphoric ester groups is 2. The van der Waals surface area contributed by atoms with Crippen molar-refractivity contribution < 1.29 is 46.9 Å². The van der Waals surface area contributed by atoms with Gasteiger partial charge in [-0.1, -0.05) is 0 Å². The Morgan fingerprint density at radius 3 is 2.56 bits per heavy atom. The second-order valence-corrected chi connectivity index (χ2v) is 7.75. The molecule has 1 aliphatic heterocycles. The molecular weight excluding hydrogens is 409 g/mol. The van der Waals surface area contributed by atoms with Gasteiger partial charge in [0.15, 0.2) is 4.77 Å². The van der Waals surface area contributed by atoms with E-state index in [1.807, 2.05) is 4.98 Å². The summed E-state index contributed by atoms with van der Waals surface area (Å²) in [6, 6.07) is 0. The van der Waals surface area contributed by atoms with E-state index in [1.54, 1.807) is 0 Å². The summed E-state index contributed by atoms with van der Waals surface area (Å²) in [6.07, 6.45) is -3.30. The van der Waals surface area contributed by atoms with Crippen LogP contribution in [0.5, 0.6) is 0 Å². The van der Waals surface area contributed by atoms with Crippen molar-refractivity contribution in [3.8, 4) is 0 Å². The van der Waals surface area contributed by atoms with Gasteiger partial charge in [0.2, 0.25) is 5.82 Å². The summed E-state index contributed by atoms with van der Waals surface area (Å²) >= 11 is 4.86. The molecule has 0 unspecified atom stereocenters. The zero-order chi connectivity index (χ0) is 19.0. The van der Waals surface area contributed by atoms with Crippen LogP contribution in [0.3, 0.4) is 0 Å². The Kier molecular flexibility index (Phi) is 6.11. The third-order valence-electron chi connectivity index (χ3n) is 3.09. The lowest BCUT2D eigenvalue weighted by Crippen LogP contribution is -2.28. The Labute approximate surface area is 143 Å². The monoisotopic (exact) mass is 422 g/mol. The summed E-state index contributed by atoms with van der Waals surface area (Å²) in [5, 5.41) is 0. The molecule has 0 aliphatic carbocycles. The van der Waals surface area contributed by atoms with Crippen LogP contribution in [-0.2, 0) is 22.9 Å². The van der Waals surface area contributed by atoms with Gasteiger partial charge in [0.1, 0.15) is 18.4 Å². The maximum absolute atomic E-state index is 13.4. The topological polar surface area (TPSA) is 181 Å². The number of H-pyrrole nitrogens is 1. The first-order valence-corrected chi connectivity index (χ1v) is 9.93. The highest BCUT2D eigenvalue weighted by Crippen LogP contribution is 2.45. The van der Waals surface area contributed by atoms with Crippen LogP contribution in [0, 0.1) is 10.6 Å². The van der Waals surface area contributed by atoms with E-state index in [-0.39, 0.29) is 11.2 Å². The van der Waals surface area contributed by atoms with E-state index in [1.165, 1.54) is 0 Å². The molecule has 1 aliphatic rings. The maximum Gasteiger partial charge on any atom is 0.469 e. The molecule has 1 saturated heterocycles. The van der Waals surface area contributed by atoms with Crippen molar-refractivity contribution in [3.63, 3.8) is 0 Å². The number of halogens is 1. The molecule has 0 radical (unpaired) electrons. The van der Waals surface area contributed by atoms with Gasteiger partial charge in [-0.15, -0.1) is 0 Å². The second-order valence-electron chi connectivity index (χ2n) is 4.93. The first kappa shape index (κ1) is 20.5. The largest absolute Gasteiger partial charge is 0.469 e. The van der Waals surface area contributed by atoms with Gasteiger partial charge in [0, 0.05) is 6.42 Å². The van der Waals surface area contributed by atoms with Crippen LogP contribution in [0.2, 0.25) is 0 Å². The summed E-state index contributed by atoms with van der Waals surface area (Å²) in [5.74, 6) is -1.18. The summed E-state index contributed by atoms with van der Waals surface area (Å²) in [6.45, 7) is -0.759. The van der Waals surface area contributed by atoms with Gasteiger partial charge in [-0.05, 0) is 12.2 Å². The molecule has 12 nitrogen and oxygen atoms in total. The van der Waals surface area contributed by atoms with Crippen molar-refractivity contribution in [2.45, 2.75) is 24.9 Å². The lowest BCUT2D eigenvalue weighted by molar-refractivity contribution is -0.0440. The molecule has 16 heteroatoms. The van der Waals surface area contributed by atoms with E-state index >= 15 is 0 Å². The third-order valence-corrected chi connectivity index (χ3v) is 4.44. The molecule has 0 bridgehead atoms. The summed E-state index contributed by atoms with van der Waals surface area (Å²) in [4.78, 5) is 48.5. The van der Waals surface area contributed by atoms with Gasteiger partial charge in [-0.25, -0.2) is 9.13 Å². The summed E-state index contributed by atoms with van der Waals surface area (Å²) < 4.78 is 50.1. The Morgan fingerprint density at radius 1 is 1.36 bits per heavy atom. The zero-order valence-corrected chi connectivity index (χ0v) is 14.7. The Bertz CT molecular complexity index is 846. The number of aromatic nitrogens is 2. The molecule has 1 fully saturated rings. The quantitative estimate of drug-likeness (QED) is 0.306. The minimum Gasteiger partial charge on any atom is -0.349 e. The van der Waals surface area contributed by atoms with E-state index < -0.39 is 52.1 Å². The van der Waals surface area contributed by atoms with Gasteiger partial charge >= 0.3 is 15.6 Å². The number of aromatic amines is 1. The van der Waals surface area contributed by atoms with Crippen LogP contribution < -0.4 is 5.56 Å². The molecule has 2 heterocycles. The minimum atomic E-state index is -4.96. The average Bonchev–Trinajstić information content (AvgIpc) is 2.80. The van der Waals surface area contributed by atoms with E-state index in [4.69, 9.17) is 36.5 Å². The average molecular weight is 422 g/mol. The highest BCUT2D eigenvalue weighted by Gasteiger charge is 2.41. The Morgan fingerprint density at radius 2 is 2.00 bits per heavy atom. The predicted molar refractivity (Wildman–Crippen MR) is 79.3 cm³/mol. The smallest absolute Gasteiger partial charge is 0.349 e. The maximum atomic E-state index is 13.4. The van der Waals surface area contributed by atoms with Gasteiger partial charge in [-0.2, -0.15) is 4.39 Å². The van der Waals surface area contributed by atoms with Crippen molar-refractivity contribution in [3.05, 3.63) is 27.1 Å². The second kappa shape index (κ2) is 7.45. The van der Waals surface area contributed by atoms with E-state index in [0.29, 0.717) is 0 Å². The van der Waals surface area contributed by atoms with Gasteiger partial charge in [0.25, 0.3) is 5.56 Å². The van der Waals surface area contributed by atoms with Crippen LogP contribution in [0.1, 0.15) is 12.6 Å². The molecule has 5 N–H and O–H groups in total. The highest BCUT2D eigenvalue weighted by molar-refractivity contribution is 7.71. The summed E-state index contributed by atoms with van der Waals surface area (Å²) in [7, 11) is -9.84. The number of phosphoric acid groups is 2. The Hall–Kier alpha value is -0.790. The lowest BCUT2D eigenvalue weighted by atomic mass is 10.2. The number of nitrogens with zero attached hydrogens (tertiary/aromatic N) is 1. The molecule has 25 heavy (non-hydrogen) atoms. The standard InChI is InChI=1S/C9H13FN2O10P2S/c10-4-2-12(9(25)11-8(4)13)7-1-5(22-24(17,18)19)6(21-7)3-20-23(14,15)16/h2,5-7H,1,3H2,(H,11,13,25)(H2,14,15,16)(H2,17,18,19)/t5-,6+,7-/m0/s1. The fraction of sp³-hybridized carbons (Fsp3) is 0.556. The molecular formula is C9H13FN2O10P2S. The molecule has 142 valence electrons. The Balaban J connectivity index is 2.26. The van der Waals surface area contributed by atoms with Gasteiger partial charge in [0.05, 0.1) is 12.8 Å². The van der Waals surface area contributed by atoms with E-state index in [0.717, 1.165) is 10.8 Å². The molecule has 1 aromatic rings. The predicted octanol–water partition coefficient (Wildman–Crippen LogP) is -0.0803. The molecule has 1 aromatic heterocycles. The molecule has 0 aromatic carbocycles. The normalized spacial score (nSPS) is 24.6. The van der Waals surface area contributed by atoms with Crippen LogP contribution in [-0.4, -0.2) is 47.9 Å². The van der Waals surface area contributed by atoms with Crippen LogP contribution in [0.25, 0.3) is 0 Å². The first-order chi connectivity index (χ1) is 11.4. The fourth-order valence-electron chi connectivity index (χ4n) is 2.15. The number of ether oxygens (including phenoxy) is 1. The molecule has 0 spiro atoms. The summed E-state index contributed by atoms with van der Waals surface area (Å²) in [5.41, 5.74) is -1.07. The van der Waals surface area contributed by atoms with Crippen LogP contribution >= 0.6 is 27.9 Å². The van der Waals surface area contributed by atoms with E-state index in [2.05, 4.69) is 9.05 Å². The third kappa shape index (κ3) is 5.86.